The molecule has 0 aliphatic carbocycles. The summed E-state index contributed by atoms with van der Waals surface area (Å²) in [6.07, 6.45) is 0. The van der Waals surface area contributed by atoms with Crippen LogP contribution in [0.1, 0.15) is 111 Å². The van der Waals surface area contributed by atoms with Crippen LogP contribution in [0, 0.1) is 19.0 Å². The molecule has 0 N–H and O–H groups in total. The Morgan fingerprint density at radius 1 is 0.589 bits per heavy atom. The minimum atomic E-state index is -2.23. The second-order valence-corrected chi connectivity index (χ2v) is 20.1. The van der Waals surface area contributed by atoms with Crippen molar-refractivity contribution in [2.24, 2.45) is 0 Å². The molecule has 9 aromatic carbocycles. The van der Waals surface area contributed by atoms with Crippen LogP contribution in [-0.4, -0.2) is 9.55 Å². The Balaban J connectivity index is 0.000000199. The van der Waals surface area contributed by atoms with Gasteiger partial charge in [-0.15, -0.1) is 54.1 Å². The standard InChI is InChI=1S/C42H35N2O.C25H25N2.Ir/c1-25(2)33-22-30(28-14-7-6-8-15-28)23-34(26(3)4)40(33)44-38-20-10-9-19-37(38)43-42(44)32-18-12-17-31-36-21-29-16-11-13-27(5)35(29)24-39(36)45-41(31)32;1-17(2)20-13-10-14-21(18(3)4)24(20)27-23-16-9-8-15-22(23)26-25(27)19-11-6-5-7-12-19;/h6-17,19-26H,1-5H3;5-11,13-18H,1-4H3;/q2*-1;+3/i5D3;;. The second-order valence-electron chi connectivity index (χ2n) is 20.1. The summed E-state index contributed by atoms with van der Waals surface area (Å²) in [4.78, 5) is 10.3. The average Bonchev–Trinajstić information content (AvgIpc) is 4.23. The molecule has 0 aliphatic heterocycles. The van der Waals surface area contributed by atoms with Gasteiger partial charge in [-0.25, -0.2) is 0 Å². The summed E-state index contributed by atoms with van der Waals surface area (Å²) in [5.41, 5.74) is 17.4. The number of hydrogen-bond donors (Lipinski definition) is 0. The first-order valence-corrected chi connectivity index (χ1v) is 25.3. The Morgan fingerprint density at radius 2 is 1.26 bits per heavy atom. The molecule has 12 aromatic rings. The van der Waals surface area contributed by atoms with Crippen LogP contribution in [0.5, 0.6) is 0 Å². The van der Waals surface area contributed by atoms with Gasteiger partial charge >= 0.3 is 20.1 Å². The van der Waals surface area contributed by atoms with Gasteiger partial charge in [-0.05, 0) is 129 Å². The molecule has 362 valence electrons. The molecule has 0 fully saturated rings. The zero-order valence-corrected chi connectivity index (χ0v) is 45.0. The molecule has 0 saturated heterocycles. The maximum absolute atomic E-state index is 8.12. The van der Waals surface area contributed by atoms with Crippen LogP contribution in [0.2, 0.25) is 0 Å². The number of hydrogen-bond acceptors (Lipinski definition) is 2. The molecule has 0 bridgehead atoms. The number of rotatable bonds is 9. The minimum absolute atomic E-state index is 0. The number of aromatic nitrogens is 4. The van der Waals surface area contributed by atoms with E-state index in [9.17, 15) is 0 Å². The van der Waals surface area contributed by atoms with Crippen LogP contribution in [0.25, 0.3) is 100 Å². The monoisotopic (exact) mass is 1130 g/mol. The fourth-order valence-electron chi connectivity index (χ4n) is 10.5. The number of nitrogens with zero attached hydrogens (tertiary/aromatic N) is 4. The molecule has 3 heterocycles. The zero-order chi connectivity index (χ0) is 52.3. The van der Waals surface area contributed by atoms with Gasteiger partial charge in [0.05, 0.1) is 39.3 Å². The molecule has 0 spiro atoms. The fraction of sp³-hybridized carbons (Fsp3) is 0.194. The van der Waals surface area contributed by atoms with Crippen LogP contribution in [0.3, 0.4) is 0 Å². The first-order chi connectivity index (χ1) is 36.2. The van der Waals surface area contributed by atoms with Crippen LogP contribution < -0.4 is 9.55 Å². The smallest absolute Gasteiger partial charge is 0.501 e. The van der Waals surface area contributed by atoms with E-state index in [1.165, 1.54) is 39.1 Å². The van der Waals surface area contributed by atoms with Crippen molar-refractivity contribution in [3.63, 3.8) is 0 Å². The Morgan fingerprint density at radius 3 is 1.96 bits per heavy atom. The molecule has 12 rings (SSSR count). The third-order valence-electron chi connectivity index (χ3n) is 14.0. The van der Waals surface area contributed by atoms with Gasteiger partial charge in [-0.3, -0.25) is 9.97 Å². The van der Waals surface area contributed by atoms with E-state index in [0.29, 0.717) is 34.0 Å². The topological polar surface area (TPSA) is 48.9 Å². The van der Waals surface area contributed by atoms with E-state index < -0.39 is 6.85 Å². The average molecular weight is 1130 g/mol. The van der Waals surface area contributed by atoms with E-state index >= 15 is 0 Å². The molecule has 0 aliphatic rings. The van der Waals surface area contributed by atoms with E-state index in [1.54, 1.807) is 12.1 Å². The maximum Gasteiger partial charge on any atom is 3.00 e. The summed E-state index contributed by atoms with van der Waals surface area (Å²) >= 11 is 0. The summed E-state index contributed by atoms with van der Waals surface area (Å²) < 4.78 is 35.7. The molecule has 3 aromatic heterocycles. The first kappa shape index (κ1) is 45.5. The largest absolute Gasteiger partial charge is 3.00 e. The molecule has 0 unspecified atom stereocenters. The summed E-state index contributed by atoms with van der Waals surface area (Å²) in [5.74, 6) is 3.03. The Hall–Kier alpha value is -7.37. The molecular weight excluding hydrogens is 1070 g/mol. The van der Waals surface area contributed by atoms with E-state index in [-0.39, 0.29) is 31.9 Å². The predicted molar refractivity (Wildman–Crippen MR) is 300 cm³/mol. The molecule has 5 nitrogen and oxygen atoms in total. The number of imidazole rings is 2. The number of para-hydroxylation sites is 5. The van der Waals surface area contributed by atoms with Crippen LogP contribution >= 0.6 is 0 Å². The van der Waals surface area contributed by atoms with Gasteiger partial charge in [-0.2, -0.15) is 0 Å². The maximum atomic E-state index is 8.12. The van der Waals surface area contributed by atoms with Crippen molar-refractivity contribution in [2.45, 2.75) is 85.9 Å². The summed E-state index contributed by atoms with van der Waals surface area (Å²) in [7, 11) is 0. The predicted octanol–water partition coefficient (Wildman–Crippen LogP) is 17.6. The van der Waals surface area contributed by atoms with Gasteiger partial charge in [0.1, 0.15) is 5.58 Å². The Bertz CT molecular complexity index is 4020. The van der Waals surface area contributed by atoms with Gasteiger partial charge in [0.25, 0.3) is 0 Å². The summed E-state index contributed by atoms with van der Waals surface area (Å²) in [6.45, 7) is 15.8. The van der Waals surface area contributed by atoms with Crippen LogP contribution in [-0.2, 0) is 20.1 Å². The SMILES string of the molecule is CC(C)c1cccc(C(C)C)c1-n1c(-c2[c-]cccc2)nc2ccccc21.[2H]C([2H])([2H])c1cccc2cc3c(cc12)oc1c(-c2[n-]c4ccccc4[n+]2-c2c(C(C)C)cc(-c4ccccc4)cc2C(C)C)[c-]ccc13.[Ir+3]. The van der Waals surface area contributed by atoms with Crippen LogP contribution in [0.15, 0.2) is 180 Å². The van der Waals surface area contributed by atoms with E-state index in [2.05, 4.69) is 186 Å². The molecule has 0 atom stereocenters. The number of fused-ring (bicyclic) bond motifs is 6. The quantitative estimate of drug-likeness (QED) is 0.107. The van der Waals surface area contributed by atoms with Crippen molar-refractivity contribution < 1.29 is 33.2 Å². The van der Waals surface area contributed by atoms with Crippen molar-refractivity contribution >= 4 is 54.8 Å². The van der Waals surface area contributed by atoms with E-state index in [0.717, 1.165) is 66.7 Å². The second kappa shape index (κ2) is 20.3. The number of aryl methyl sites for hydroxylation is 1. The van der Waals surface area contributed by atoms with Gasteiger partial charge in [-0.1, -0.05) is 157 Å². The summed E-state index contributed by atoms with van der Waals surface area (Å²) in [5, 5.41) is 3.40. The van der Waals surface area contributed by atoms with E-state index in [4.69, 9.17) is 18.5 Å². The minimum Gasteiger partial charge on any atom is -0.501 e. The number of furan rings is 1. The molecule has 0 saturated carbocycles. The van der Waals surface area contributed by atoms with Gasteiger partial charge in [0.15, 0.2) is 0 Å². The molecule has 0 amide bonds. The Labute approximate surface area is 447 Å². The summed E-state index contributed by atoms with van der Waals surface area (Å²) in [6, 6.07) is 66.8. The van der Waals surface area contributed by atoms with E-state index in [1.807, 2.05) is 54.6 Å². The zero-order valence-electron chi connectivity index (χ0n) is 45.6. The van der Waals surface area contributed by atoms with Crippen molar-refractivity contribution in [3.8, 4) is 45.3 Å². The van der Waals surface area contributed by atoms with Gasteiger partial charge in [0.2, 0.25) is 0 Å². The first-order valence-electron chi connectivity index (χ1n) is 26.8. The van der Waals surface area contributed by atoms with Gasteiger partial charge < -0.3 is 13.6 Å². The van der Waals surface area contributed by atoms with Crippen molar-refractivity contribution in [1.82, 2.24) is 14.5 Å². The van der Waals surface area contributed by atoms with Crippen molar-refractivity contribution in [3.05, 3.63) is 216 Å². The Kier molecular flexibility index (Phi) is 12.6. The van der Waals surface area contributed by atoms with Gasteiger partial charge in [0, 0.05) is 20.9 Å². The normalized spacial score (nSPS) is 12.5. The van der Waals surface area contributed by atoms with Crippen molar-refractivity contribution in [2.75, 3.05) is 0 Å². The molecular formula is C67H60IrN4O+. The number of benzene rings is 9. The molecule has 73 heavy (non-hydrogen) atoms. The fourth-order valence-corrected chi connectivity index (χ4v) is 10.5. The molecule has 6 heteroatoms. The van der Waals surface area contributed by atoms with Crippen molar-refractivity contribution in [1.29, 1.82) is 0 Å². The third kappa shape index (κ3) is 8.91. The molecule has 0 radical (unpaired) electrons. The van der Waals surface area contributed by atoms with Crippen LogP contribution in [0.4, 0.5) is 0 Å². The third-order valence-corrected chi connectivity index (χ3v) is 14.0.